The van der Waals surface area contributed by atoms with Crippen LogP contribution in [-0.2, 0) is 4.79 Å². The largest absolute Gasteiger partial charge is 0.345 e. The summed E-state index contributed by atoms with van der Waals surface area (Å²) in [4.78, 5) is 25.6. The summed E-state index contributed by atoms with van der Waals surface area (Å²) >= 11 is 11.9. The summed E-state index contributed by atoms with van der Waals surface area (Å²) < 4.78 is 0. The molecule has 0 atom stereocenters. The van der Waals surface area contributed by atoms with Crippen molar-refractivity contribution in [2.75, 3.05) is 19.4 Å². The number of rotatable bonds is 4. The van der Waals surface area contributed by atoms with Crippen molar-refractivity contribution in [3.63, 3.8) is 0 Å². The molecule has 26 heavy (non-hydrogen) atoms. The van der Waals surface area contributed by atoms with Crippen LogP contribution < -0.4 is 5.32 Å². The van der Waals surface area contributed by atoms with Gasteiger partial charge in [-0.1, -0.05) is 29.3 Å². The van der Waals surface area contributed by atoms with Crippen molar-refractivity contribution >= 4 is 46.8 Å². The molecule has 5 nitrogen and oxygen atoms in total. The maximum atomic E-state index is 12.3. The monoisotopic (exact) mass is 387 g/mol. The molecule has 1 N–H and O–H groups in total. The van der Waals surface area contributed by atoms with Crippen molar-refractivity contribution < 1.29 is 9.59 Å². The molecule has 7 heteroatoms. The fraction of sp³-hybridized carbons (Fsp3) is 0.105. The molecule has 0 heterocycles. The van der Waals surface area contributed by atoms with Crippen LogP contribution in [0, 0.1) is 11.3 Å². The van der Waals surface area contributed by atoms with Gasteiger partial charge in [-0.25, -0.2) is 0 Å². The number of nitrogens with zero attached hydrogens (tertiary/aromatic N) is 2. The van der Waals surface area contributed by atoms with E-state index < -0.39 is 5.91 Å². The molecular weight excluding hydrogens is 373 g/mol. The summed E-state index contributed by atoms with van der Waals surface area (Å²) in [6.07, 6.45) is 1.39. The third-order valence-electron chi connectivity index (χ3n) is 3.42. The second-order valence-electron chi connectivity index (χ2n) is 5.57. The predicted molar refractivity (Wildman–Crippen MR) is 103 cm³/mol. The number of hydrogen-bond acceptors (Lipinski definition) is 3. The Morgan fingerprint density at radius 2 is 1.77 bits per heavy atom. The summed E-state index contributed by atoms with van der Waals surface area (Å²) in [5.74, 6) is -0.719. The lowest BCUT2D eigenvalue weighted by Gasteiger charge is -2.11. The number of carbonyl (C=O) groups is 2. The van der Waals surface area contributed by atoms with Crippen molar-refractivity contribution in [3.8, 4) is 6.07 Å². The summed E-state index contributed by atoms with van der Waals surface area (Å²) in [5.41, 5.74) is 1.36. The summed E-state index contributed by atoms with van der Waals surface area (Å²) in [6.45, 7) is 0. The first-order chi connectivity index (χ1) is 12.3. The van der Waals surface area contributed by atoms with Gasteiger partial charge in [0.25, 0.3) is 11.8 Å². The van der Waals surface area contributed by atoms with Gasteiger partial charge in [0.05, 0.1) is 0 Å². The van der Waals surface area contributed by atoms with Crippen LogP contribution in [0.5, 0.6) is 0 Å². The number of anilines is 1. The number of hydrogen-bond donors (Lipinski definition) is 1. The standard InChI is InChI=1S/C19H15Cl2N3O2/c1-24(2)19(26)12-4-7-16(8-5-12)23-18(25)14(11-22)9-13-3-6-15(20)10-17(13)21/h3-10H,1-2H3,(H,23,25)/b14-9+. The highest BCUT2D eigenvalue weighted by Crippen LogP contribution is 2.23. The van der Waals surface area contributed by atoms with E-state index in [1.807, 2.05) is 6.07 Å². The quantitative estimate of drug-likeness (QED) is 0.629. The summed E-state index contributed by atoms with van der Waals surface area (Å²) in [5, 5.41) is 12.7. The Morgan fingerprint density at radius 3 is 2.31 bits per heavy atom. The number of amides is 2. The Hall–Kier alpha value is -2.81. The first kappa shape index (κ1) is 19.5. The highest BCUT2D eigenvalue weighted by Gasteiger charge is 2.12. The topological polar surface area (TPSA) is 73.2 Å². The number of benzene rings is 2. The molecule has 0 unspecified atom stereocenters. The van der Waals surface area contributed by atoms with E-state index in [-0.39, 0.29) is 11.5 Å². The molecule has 0 radical (unpaired) electrons. The molecule has 0 fully saturated rings. The van der Waals surface area contributed by atoms with Crippen LogP contribution in [0.25, 0.3) is 6.08 Å². The fourth-order valence-corrected chi connectivity index (χ4v) is 2.54. The minimum Gasteiger partial charge on any atom is -0.345 e. The smallest absolute Gasteiger partial charge is 0.266 e. The van der Waals surface area contributed by atoms with E-state index in [1.54, 1.807) is 50.5 Å². The minimum atomic E-state index is -0.579. The highest BCUT2D eigenvalue weighted by atomic mass is 35.5. The Bertz CT molecular complexity index is 913. The molecule has 0 saturated carbocycles. The molecule has 0 saturated heterocycles. The van der Waals surface area contributed by atoms with Gasteiger partial charge in [-0.3, -0.25) is 9.59 Å². The van der Waals surface area contributed by atoms with E-state index >= 15 is 0 Å². The van der Waals surface area contributed by atoms with Gasteiger partial charge in [-0.15, -0.1) is 0 Å². The van der Waals surface area contributed by atoms with E-state index in [4.69, 9.17) is 23.2 Å². The van der Waals surface area contributed by atoms with Gasteiger partial charge in [0.2, 0.25) is 0 Å². The lowest BCUT2D eigenvalue weighted by atomic mass is 10.1. The molecule has 0 aliphatic rings. The van der Waals surface area contributed by atoms with Crippen LogP contribution >= 0.6 is 23.2 Å². The Balaban J connectivity index is 2.18. The fourth-order valence-electron chi connectivity index (χ4n) is 2.08. The Morgan fingerprint density at radius 1 is 1.12 bits per heavy atom. The average Bonchev–Trinajstić information content (AvgIpc) is 2.61. The zero-order valence-corrected chi connectivity index (χ0v) is 15.6. The van der Waals surface area contributed by atoms with E-state index in [9.17, 15) is 14.9 Å². The van der Waals surface area contributed by atoms with Gasteiger partial charge in [0.1, 0.15) is 11.6 Å². The van der Waals surface area contributed by atoms with Crippen LogP contribution in [0.1, 0.15) is 15.9 Å². The molecule has 2 rings (SSSR count). The lowest BCUT2D eigenvalue weighted by Crippen LogP contribution is -2.21. The van der Waals surface area contributed by atoms with E-state index in [2.05, 4.69) is 5.32 Å². The van der Waals surface area contributed by atoms with Crippen molar-refractivity contribution in [2.24, 2.45) is 0 Å². The second-order valence-corrected chi connectivity index (χ2v) is 6.41. The molecule has 2 amide bonds. The molecule has 2 aromatic carbocycles. The molecule has 0 aliphatic carbocycles. The lowest BCUT2D eigenvalue weighted by molar-refractivity contribution is -0.112. The van der Waals surface area contributed by atoms with E-state index in [0.29, 0.717) is 26.9 Å². The van der Waals surface area contributed by atoms with Gasteiger partial charge in [0, 0.05) is 35.4 Å². The third-order valence-corrected chi connectivity index (χ3v) is 3.99. The molecule has 0 aromatic heterocycles. The Labute approximate surface area is 161 Å². The van der Waals surface area contributed by atoms with Crippen molar-refractivity contribution in [2.45, 2.75) is 0 Å². The van der Waals surface area contributed by atoms with Gasteiger partial charge in [0.15, 0.2) is 0 Å². The zero-order valence-electron chi connectivity index (χ0n) is 14.1. The van der Waals surface area contributed by atoms with Crippen molar-refractivity contribution in [1.29, 1.82) is 5.26 Å². The predicted octanol–water partition coefficient (Wildman–Crippen LogP) is 4.24. The average molecular weight is 388 g/mol. The molecule has 0 aliphatic heterocycles. The van der Waals surface area contributed by atoms with Crippen LogP contribution in [0.4, 0.5) is 5.69 Å². The normalized spacial score (nSPS) is 10.8. The van der Waals surface area contributed by atoms with Crippen LogP contribution in [0.2, 0.25) is 10.0 Å². The van der Waals surface area contributed by atoms with Crippen molar-refractivity contribution in [3.05, 3.63) is 69.2 Å². The Kier molecular flexibility index (Phi) is 6.40. The molecular formula is C19H15Cl2N3O2. The van der Waals surface area contributed by atoms with E-state index in [1.165, 1.54) is 17.0 Å². The first-order valence-electron chi connectivity index (χ1n) is 7.51. The summed E-state index contributed by atoms with van der Waals surface area (Å²) in [7, 11) is 3.31. The van der Waals surface area contributed by atoms with Crippen LogP contribution in [-0.4, -0.2) is 30.8 Å². The van der Waals surface area contributed by atoms with Crippen LogP contribution in [0.15, 0.2) is 48.0 Å². The highest BCUT2D eigenvalue weighted by molar-refractivity contribution is 6.35. The number of nitriles is 1. The van der Waals surface area contributed by atoms with E-state index in [0.717, 1.165) is 0 Å². The second kappa shape index (κ2) is 8.52. The van der Waals surface area contributed by atoms with Gasteiger partial charge in [-0.2, -0.15) is 5.26 Å². The zero-order chi connectivity index (χ0) is 19.3. The molecule has 132 valence electrons. The SMILES string of the molecule is CN(C)C(=O)c1ccc(NC(=O)/C(C#N)=C/c2ccc(Cl)cc2Cl)cc1. The van der Waals surface area contributed by atoms with Crippen molar-refractivity contribution in [1.82, 2.24) is 4.90 Å². The number of nitrogens with one attached hydrogen (secondary N) is 1. The minimum absolute atomic E-state index is 0.109. The van der Waals surface area contributed by atoms with Crippen LogP contribution in [0.3, 0.4) is 0 Å². The maximum Gasteiger partial charge on any atom is 0.266 e. The molecule has 2 aromatic rings. The maximum absolute atomic E-state index is 12.3. The molecule has 0 bridgehead atoms. The third kappa shape index (κ3) is 4.85. The molecule has 0 spiro atoms. The first-order valence-corrected chi connectivity index (χ1v) is 8.27. The summed E-state index contributed by atoms with van der Waals surface area (Å²) in [6, 6.07) is 13.0. The van der Waals surface area contributed by atoms with Gasteiger partial charge >= 0.3 is 0 Å². The number of carbonyl (C=O) groups excluding carboxylic acids is 2. The van der Waals surface area contributed by atoms with Gasteiger partial charge in [-0.05, 0) is 48.0 Å². The number of halogens is 2. The van der Waals surface area contributed by atoms with Gasteiger partial charge < -0.3 is 10.2 Å².